The van der Waals surface area contributed by atoms with E-state index in [9.17, 15) is 4.39 Å². The zero-order valence-corrected chi connectivity index (χ0v) is 22.8. The van der Waals surface area contributed by atoms with Gasteiger partial charge in [0.1, 0.15) is 11.6 Å². The first kappa shape index (κ1) is 24.6. The van der Waals surface area contributed by atoms with Crippen molar-refractivity contribution in [3.05, 3.63) is 38.2 Å². The Bertz CT molecular complexity index is 1000. The van der Waals surface area contributed by atoms with E-state index in [4.69, 9.17) is 22.2 Å². The van der Waals surface area contributed by atoms with Crippen LogP contribution in [0.25, 0.3) is 0 Å². The molecule has 1 fully saturated rings. The van der Waals surface area contributed by atoms with E-state index in [-0.39, 0.29) is 11.9 Å². The van der Waals surface area contributed by atoms with Gasteiger partial charge in [-0.1, -0.05) is 15.9 Å². The normalized spacial score (nSPS) is 20.0. The first-order valence-corrected chi connectivity index (χ1v) is 13.3. The molecule has 0 atom stereocenters. The Morgan fingerprint density at radius 3 is 2.45 bits per heavy atom. The molecule has 0 amide bonds. The minimum atomic E-state index is -0.365. The zero-order valence-electron chi connectivity index (χ0n) is 18.9. The number of benzene rings is 1. The van der Waals surface area contributed by atoms with Crippen LogP contribution in [-0.4, -0.2) is 41.3 Å². The van der Waals surface area contributed by atoms with Crippen LogP contribution in [0, 0.1) is 5.82 Å². The van der Waals surface area contributed by atoms with Crippen LogP contribution in [-0.2, 0) is 12.8 Å². The highest BCUT2D eigenvalue weighted by Gasteiger charge is 2.24. The summed E-state index contributed by atoms with van der Waals surface area (Å²) < 4.78 is 15.5. The molecule has 2 aromatic rings. The van der Waals surface area contributed by atoms with Crippen molar-refractivity contribution >= 4 is 66.6 Å². The van der Waals surface area contributed by atoms with Gasteiger partial charge in [-0.15, -0.1) is 0 Å². The van der Waals surface area contributed by atoms with Crippen LogP contribution in [0.5, 0.6) is 0 Å². The smallest absolute Gasteiger partial charge is 0.225 e. The number of fused-ring (bicyclic) bond motifs is 1. The van der Waals surface area contributed by atoms with Crippen molar-refractivity contribution in [2.75, 3.05) is 29.6 Å². The van der Waals surface area contributed by atoms with Gasteiger partial charge in [0.05, 0.1) is 11.4 Å². The summed E-state index contributed by atoms with van der Waals surface area (Å²) in [5.74, 6) is 1.42. The molecule has 178 valence electrons. The average molecular weight is 600 g/mol. The molecule has 1 aromatic carbocycles. The van der Waals surface area contributed by atoms with Gasteiger partial charge in [0.25, 0.3) is 0 Å². The van der Waals surface area contributed by atoms with Crippen LogP contribution in [0.15, 0.2) is 21.1 Å². The van der Waals surface area contributed by atoms with Crippen LogP contribution in [0.1, 0.15) is 49.8 Å². The fourth-order valence-electron chi connectivity index (χ4n) is 4.57. The third-order valence-corrected chi connectivity index (χ3v) is 7.53. The van der Waals surface area contributed by atoms with Crippen molar-refractivity contribution in [1.82, 2.24) is 15.3 Å². The fourth-order valence-corrected chi connectivity index (χ4v) is 6.11. The molecule has 6 nitrogen and oxygen atoms in total. The maximum absolute atomic E-state index is 14.3. The molecule has 2 aliphatic rings. The average Bonchev–Trinajstić information content (AvgIpc) is 2.77. The summed E-state index contributed by atoms with van der Waals surface area (Å²) in [5.41, 5.74) is 2.84. The number of nitrogens with one attached hydrogen (secondary N) is 3. The van der Waals surface area contributed by atoms with E-state index in [1.807, 2.05) is 14.1 Å². The lowest BCUT2D eigenvalue weighted by Crippen LogP contribution is -2.42. The predicted octanol–water partition coefficient (Wildman–Crippen LogP) is 5.80. The van der Waals surface area contributed by atoms with Crippen molar-refractivity contribution < 1.29 is 4.39 Å². The molecule has 10 heteroatoms. The lowest BCUT2D eigenvalue weighted by molar-refractivity contribution is 0.387. The summed E-state index contributed by atoms with van der Waals surface area (Å²) in [6, 6.07) is 3.79. The Kier molecular flexibility index (Phi) is 8.07. The summed E-state index contributed by atoms with van der Waals surface area (Å²) in [6.45, 7) is 0. The second-order valence-corrected chi connectivity index (χ2v) is 11.1. The SMILES string of the molecule is CN(C)c1nc(NC2CCC(NC(=S)Nc3c(F)cc(Br)cc3Br)CC2)nc2c1CCCC2. The molecule has 0 unspecified atom stereocenters. The first-order valence-electron chi connectivity index (χ1n) is 11.4. The summed E-state index contributed by atoms with van der Waals surface area (Å²) in [6.07, 6.45) is 8.43. The number of nitrogens with zero attached hydrogens (tertiary/aromatic N) is 3. The highest BCUT2D eigenvalue weighted by atomic mass is 79.9. The van der Waals surface area contributed by atoms with Crippen LogP contribution in [0.2, 0.25) is 0 Å². The molecule has 3 N–H and O–H groups in total. The maximum atomic E-state index is 14.3. The molecular weight excluding hydrogens is 571 g/mol. The number of aryl methyl sites for hydroxylation is 1. The molecule has 2 aliphatic carbocycles. The topological polar surface area (TPSA) is 65.1 Å². The molecule has 33 heavy (non-hydrogen) atoms. The Morgan fingerprint density at radius 2 is 1.76 bits per heavy atom. The molecule has 1 heterocycles. The molecule has 0 saturated heterocycles. The van der Waals surface area contributed by atoms with E-state index in [2.05, 4.69) is 52.7 Å². The number of halogens is 3. The monoisotopic (exact) mass is 598 g/mol. The van der Waals surface area contributed by atoms with E-state index in [0.29, 0.717) is 25.8 Å². The second-order valence-electron chi connectivity index (χ2n) is 8.93. The van der Waals surface area contributed by atoms with Gasteiger partial charge in [-0.25, -0.2) is 9.37 Å². The zero-order chi connectivity index (χ0) is 23.5. The first-order chi connectivity index (χ1) is 15.8. The Hall–Kier alpha value is -1.52. The van der Waals surface area contributed by atoms with Crippen LogP contribution >= 0.6 is 44.1 Å². The van der Waals surface area contributed by atoms with Gasteiger partial charge in [-0.3, -0.25) is 0 Å². The number of aromatic nitrogens is 2. The lowest BCUT2D eigenvalue weighted by Gasteiger charge is -2.31. The van der Waals surface area contributed by atoms with E-state index < -0.39 is 0 Å². The predicted molar refractivity (Wildman–Crippen MR) is 144 cm³/mol. The number of anilines is 3. The van der Waals surface area contributed by atoms with Gasteiger partial charge in [0.15, 0.2) is 5.11 Å². The molecule has 0 aliphatic heterocycles. The minimum absolute atomic E-state index is 0.252. The number of thiocarbonyl (C=S) groups is 1. The number of hydrogen-bond donors (Lipinski definition) is 3. The van der Waals surface area contributed by atoms with Gasteiger partial charge >= 0.3 is 0 Å². The maximum Gasteiger partial charge on any atom is 0.225 e. The molecule has 4 rings (SSSR count). The largest absolute Gasteiger partial charge is 0.362 e. The van der Waals surface area contributed by atoms with Crippen LogP contribution in [0.4, 0.5) is 21.8 Å². The van der Waals surface area contributed by atoms with E-state index in [1.54, 1.807) is 6.07 Å². The standard InChI is InChI=1S/C23H29Br2FN6S/c1-32(2)21-16-5-3-4-6-19(16)29-22(31-21)27-14-7-9-15(10-8-14)28-23(33)30-20-17(25)11-13(24)12-18(20)26/h11-12,14-15H,3-10H2,1-2H3,(H,27,29,31)(H2,28,30,33). The van der Waals surface area contributed by atoms with Crippen molar-refractivity contribution in [2.24, 2.45) is 0 Å². The van der Waals surface area contributed by atoms with Gasteiger partial charge in [0.2, 0.25) is 5.95 Å². The second kappa shape index (κ2) is 10.8. The summed E-state index contributed by atoms with van der Waals surface area (Å²) >= 11 is 12.1. The molecule has 0 bridgehead atoms. The molecular formula is C23H29Br2FN6S. The molecule has 1 aromatic heterocycles. The van der Waals surface area contributed by atoms with Crippen molar-refractivity contribution in [1.29, 1.82) is 0 Å². The van der Waals surface area contributed by atoms with Gasteiger partial charge in [-0.2, -0.15) is 4.98 Å². The van der Waals surface area contributed by atoms with Crippen molar-refractivity contribution in [3.63, 3.8) is 0 Å². The Morgan fingerprint density at radius 1 is 1.06 bits per heavy atom. The Balaban J connectivity index is 1.31. The quantitative estimate of drug-likeness (QED) is 0.376. The van der Waals surface area contributed by atoms with Crippen LogP contribution < -0.4 is 20.9 Å². The van der Waals surface area contributed by atoms with Crippen LogP contribution in [0.3, 0.4) is 0 Å². The molecule has 0 spiro atoms. The summed E-state index contributed by atoms with van der Waals surface area (Å²) in [5, 5.41) is 10.3. The van der Waals surface area contributed by atoms with E-state index >= 15 is 0 Å². The minimum Gasteiger partial charge on any atom is -0.362 e. The third kappa shape index (κ3) is 6.14. The highest BCUT2D eigenvalue weighted by molar-refractivity contribution is 9.11. The summed E-state index contributed by atoms with van der Waals surface area (Å²) in [7, 11) is 4.10. The Labute approximate surface area is 216 Å². The van der Waals surface area contributed by atoms with Gasteiger partial charge < -0.3 is 20.9 Å². The van der Waals surface area contributed by atoms with Crippen molar-refractivity contribution in [2.45, 2.75) is 63.5 Å². The molecule has 0 radical (unpaired) electrons. The van der Waals surface area contributed by atoms with Gasteiger partial charge in [-0.05, 0) is 91.6 Å². The molecule has 1 saturated carbocycles. The third-order valence-electron chi connectivity index (χ3n) is 6.23. The van der Waals surface area contributed by atoms with E-state index in [1.165, 1.54) is 30.2 Å². The number of hydrogen-bond acceptors (Lipinski definition) is 5. The van der Waals surface area contributed by atoms with E-state index in [0.717, 1.165) is 50.3 Å². The summed E-state index contributed by atoms with van der Waals surface area (Å²) in [4.78, 5) is 11.8. The number of rotatable bonds is 5. The van der Waals surface area contributed by atoms with Gasteiger partial charge in [0, 0.05) is 40.7 Å². The fraction of sp³-hybridized carbons (Fsp3) is 0.522. The van der Waals surface area contributed by atoms with Crippen molar-refractivity contribution in [3.8, 4) is 0 Å². The lowest BCUT2D eigenvalue weighted by atomic mass is 9.91. The highest BCUT2D eigenvalue weighted by Crippen LogP contribution is 2.31.